The third-order valence-corrected chi connectivity index (χ3v) is 3.55. The Morgan fingerprint density at radius 2 is 2.07 bits per heavy atom. The quantitative estimate of drug-likeness (QED) is 0.490. The molecule has 0 bridgehead atoms. The molecule has 1 atom stereocenters. The monoisotopic (exact) mass is 312 g/mol. The second-order valence-corrected chi connectivity index (χ2v) is 4.65. The lowest BCUT2D eigenvalue weighted by atomic mass is 9.89. The molecule has 0 radical (unpaired) electrons. The largest absolute Gasteiger partial charge is 0.463 e. The lowest BCUT2D eigenvalue weighted by Gasteiger charge is -2.20. The molecule has 0 saturated heterocycles. The van der Waals surface area contributed by atoms with Crippen molar-refractivity contribution in [3.63, 3.8) is 0 Å². The van der Waals surface area contributed by atoms with E-state index in [0.29, 0.717) is 4.43 Å². The van der Waals surface area contributed by atoms with Crippen LogP contribution in [0.5, 0.6) is 0 Å². The number of hydrogen-bond acceptors (Lipinski definition) is 3. The van der Waals surface area contributed by atoms with Gasteiger partial charge in [0, 0.05) is 4.43 Å². The van der Waals surface area contributed by atoms with Crippen LogP contribution in [-0.2, 0) is 9.53 Å². The molecular formula is C10H17IO3. The highest BCUT2D eigenvalue weighted by molar-refractivity contribution is 14.1. The molecule has 4 heteroatoms. The number of alkyl halides is 1. The van der Waals surface area contributed by atoms with Crippen LogP contribution in [0.25, 0.3) is 0 Å². The van der Waals surface area contributed by atoms with Gasteiger partial charge in [-0.3, -0.25) is 4.79 Å². The van der Waals surface area contributed by atoms with Gasteiger partial charge in [0.25, 0.3) is 0 Å². The summed E-state index contributed by atoms with van der Waals surface area (Å²) in [6.45, 7) is 0.151. The zero-order valence-electron chi connectivity index (χ0n) is 8.25. The lowest BCUT2D eigenvalue weighted by Crippen LogP contribution is -2.25. The van der Waals surface area contributed by atoms with E-state index in [4.69, 9.17) is 4.74 Å². The van der Waals surface area contributed by atoms with Gasteiger partial charge < -0.3 is 9.84 Å². The van der Waals surface area contributed by atoms with Crippen LogP contribution in [-0.4, -0.2) is 28.2 Å². The van der Waals surface area contributed by atoms with Crippen molar-refractivity contribution in [3.8, 4) is 0 Å². The van der Waals surface area contributed by atoms with Crippen LogP contribution in [0.15, 0.2) is 0 Å². The first-order chi connectivity index (χ1) is 6.74. The van der Waals surface area contributed by atoms with Crippen LogP contribution in [0.2, 0.25) is 0 Å². The molecule has 0 spiro atoms. The Hall–Kier alpha value is 0.160. The predicted octanol–water partition coefficient (Wildman–Crippen LogP) is 1.91. The molecule has 0 aliphatic heterocycles. The van der Waals surface area contributed by atoms with Gasteiger partial charge in [-0.2, -0.15) is 0 Å². The first-order valence-electron chi connectivity index (χ1n) is 5.14. The molecule has 1 unspecified atom stereocenters. The molecule has 82 valence electrons. The number of aliphatic hydroxyl groups excluding tert-OH is 1. The van der Waals surface area contributed by atoms with Gasteiger partial charge in [-0.25, -0.2) is 0 Å². The van der Waals surface area contributed by atoms with Crippen molar-refractivity contribution in [1.82, 2.24) is 0 Å². The van der Waals surface area contributed by atoms with Crippen molar-refractivity contribution < 1.29 is 14.6 Å². The zero-order valence-corrected chi connectivity index (χ0v) is 10.4. The van der Waals surface area contributed by atoms with E-state index >= 15 is 0 Å². The van der Waals surface area contributed by atoms with Crippen LogP contribution in [0.4, 0.5) is 0 Å². The summed E-state index contributed by atoms with van der Waals surface area (Å²) in [5, 5.41) is 9.22. The maximum atomic E-state index is 11.5. The van der Waals surface area contributed by atoms with E-state index < -0.39 is 6.10 Å². The highest BCUT2D eigenvalue weighted by atomic mass is 127. The van der Waals surface area contributed by atoms with Gasteiger partial charge in [-0.05, 0) is 12.8 Å². The number of aliphatic hydroxyl groups is 1. The van der Waals surface area contributed by atoms with Gasteiger partial charge in [0.15, 0.2) is 0 Å². The normalized spacial score (nSPS) is 20.4. The highest BCUT2D eigenvalue weighted by Crippen LogP contribution is 2.24. The minimum Gasteiger partial charge on any atom is -0.463 e. The predicted molar refractivity (Wildman–Crippen MR) is 62.4 cm³/mol. The molecular weight excluding hydrogens is 295 g/mol. The molecule has 0 aromatic rings. The average molecular weight is 312 g/mol. The van der Waals surface area contributed by atoms with Gasteiger partial charge >= 0.3 is 5.97 Å². The molecule has 1 rings (SSSR count). The van der Waals surface area contributed by atoms with Crippen LogP contribution < -0.4 is 0 Å². The summed E-state index contributed by atoms with van der Waals surface area (Å²) in [5.74, 6) is -0.0289. The van der Waals surface area contributed by atoms with Crippen LogP contribution in [0, 0.1) is 5.92 Å². The fraction of sp³-hybridized carbons (Fsp3) is 0.900. The molecule has 0 aromatic heterocycles. The molecule has 1 aliphatic carbocycles. The number of carbonyl (C=O) groups excluding carboxylic acids is 1. The second kappa shape index (κ2) is 6.61. The maximum Gasteiger partial charge on any atom is 0.309 e. The summed E-state index contributed by atoms with van der Waals surface area (Å²) >= 11 is 2.07. The fourth-order valence-electron chi connectivity index (χ4n) is 1.68. The number of rotatable bonds is 4. The summed E-state index contributed by atoms with van der Waals surface area (Å²) in [5.41, 5.74) is 0. The molecule has 1 aliphatic rings. The first-order valence-corrected chi connectivity index (χ1v) is 6.67. The minimum absolute atomic E-state index is 0.0881. The molecule has 0 heterocycles. The standard InChI is InChI=1S/C10H17IO3/c11-6-9(12)7-14-10(13)8-4-2-1-3-5-8/h8-9,12H,1-7H2. The molecule has 0 aromatic carbocycles. The molecule has 0 amide bonds. The van der Waals surface area contributed by atoms with E-state index in [1.54, 1.807) is 0 Å². The van der Waals surface area contributed by atoms with Crippen LogP contribution in [0.3, 0.4) is 0 Å². The number of hydrogen-bond donors (Lipinski definition) is 1. The smallest absolute Gasteiger partial charge is 0.309 e. The number of esters is 1. The molecule has 3 nitrogen and oxygen atoms in total. The molecule has 14 heavy (non-hydrogen) atoms. The second-order valence-electron chi connectivity index (χ2n) is 3.77. The van der Waals surface area contributed by atoms with Crippen molar-refractivity contribution in [2.75, 3.05) is 11.0 Å². The Morgan fingerprint density at radius 3 is 2.64 bits per heavy atom. The first kappa shape index (κ1) is 12.2. The Kier molecular flexibility index (Phi) is 5.77. The summed E-state index contributed by atoms with van der Waals surface area (Å²) in [4.78, 5) is 11.5. The third kappa shape index (κ3) is 4.13. The van der Waals surface area contributed by atoms with Gasteiger partial charge in [-0.15, -0.1) is 0 Å². The van der Waals surface area contributed by atoms with E-state index in [9.17, 15) is 9.90 Å². The number of ether oxygens (including phenoxy) is 1. The highest BCUT2D eigenvalue weighted by Gasteiger charge is 2.22. The average Bonchev–Trinajstić information content (AvgIpc) is 2.26. The van der Waals surface area contributed by atoms with Crippen molar-refractivity contribution in [2.45, 2.75) is 38.2 Å². The Labute approximate surface area is 98.3 Å². The lowest BCUT2D eigenvalue weighted by molar-refractivity contribution is -0.152. The maximum absolute atomic E-state index is 11.5. The minimum atomic E-state index is -0.511. The molecule has 1 fully saturated rings. The van der Waals surface area contributed by atoms with Crippen molar-refractivity contribution in [1.29, 1.82) is 0 Å². The Morgan fingerprint density at radius 1 is 1.43 bits per heavy atom. The Bertz CT molecular complexity index is 178. The number of carbonyl (C=O) groups is 1. The van der Waals surface area contributed by atoms with Crippen LogP contribution >= 0.6 is 22.6 Å². The zero-order chi connectivity index (χ0) is 10.4. The third-order valence-electron chi connectivity index (χ3n) is 2.53. The van der Waals surface area contributed by atoms with Gasteiger partial charge in [-0.1, -0.05) is 41.9 Å². The van der Waals surface area contributed by atoms with Crippen LogP contribution in [0.1, 0.15) is 32.1 Å². The summed E-state index contributed by atoms with van der Waals surface area (Å²) in [6, 6.07) is 0. The molecule has 1 N–H and O–H groups in total. The summed E-state index contributed by atoms with van der Waals surface area (Å²) in [6.07, 6.45) is 4.91. The summed E-state index contributed by atoms with van der Waals surface area (Å²) in [7, 11) is 0. The van der Waals surface area contributed by atoms with Gasteiger partial charge in [0.2, 0.25) is 0 Å². The van der Waals surface area contributed by atoms with Crippen molar-refractivity contribution >= 4 is 28.6 Å². The van der Waals surface area contributed by atoms with Gasteiger partial charge in [0.05, 0.1) is 12.0 Å². The SMILES string of the molecule is O=C(OCC(O)CI)C1CCCCC1. The van der Waals surface area contributed by atoms with Crippen molar-refractivity contribution in [2.24, 2.45) is 5.92 Å². The van der Waals surface area contributed by atoms with E-state index in [2.05, 4.69) is 22.6 Å². The summed E-state index contributed by atoms with van der Waals surface area (Å²) < 4.78 is 5.65. The fourth-order valence-corrected chi connectivity index (χ4v) is 1.93. The topological polar surface area (TPSA) is 46.5 Å². The number of halogens is 1. The van der Waals surface area contributed by atoms with E-state index in [1.165, 1.54) is 6.42 Å². The van der Waals surface area contributed by atoms with E-state index in [0.717, 1.165) is 25.7 Å². The van der Waals surface area contributed by atoms with Crippen molar-refractivity contribution in [3.05, 3.63) is 0 Å². The Balaban J connectivity index is 2.19. The van der Waals surface area contributed by atoms with E-state index in [1.807, 2.05) is 0 Å². The van der Waals surface area contributed by atoms with Gasteiger partial charge in [0.1, 0.15) is 6.61 Å². The van der Waals surface area contributed by atoms with E-state index in [-0.39, 0.29) is 18.5 Å². The molecule has 1 saturated carbocycles.